The van der Waals surface area contributed by atoms with Gasteiger partial charge in [0.1, 0.15) is 11.8 Å². The highest BCUT2D eigenvalue weighted by Crippen LogP contribution is 2.24. The average Bonchev–Trinajstić information content (AvgIpc) is 2.46. The van der Waals surface area contributed by atoms with E-state index >= 15 is 0 Å². The molecule has 1 aromatic carbocycles. The fourth-order valence-electron chi connectivity index (χ4n) is 2.01. The predicted octanol–water partition coefficient (Wildman–Crippen LogP) is 1.86. The van der Waals surface area contributed by atoms with Crippen LogP contribution in [0.4, 0.5) is 18.9 Å². The summed E-state index contributed by atoms with van der Waals surface area (Å²) in [5.41, 5.74) is 1.00. The molecule has 8 heteroatoms. The van der Waals surface area contributed by atoms with Crippen LogP contribution >= 0.6 is 0 Å². The molecule has 1 amide bonds. The molecule has 1 aliphatic heterocycles. The molecular weight excluding hydrogens is 301 g/mol. The van der Waals surface area contributed by atoms with Gasteiger partial charge in [-0.2, -0.15) is 13.2 Å². The van der Waals surface area contributed by atoms with Crippen molar-refractivity contribution in [2.75, 3.05) is 31.7 Å². The second-order valence-electron chi connectivity index (χ2n) is 4.96. The van der Waals surface area contributed by atoms with Crippen LogP contribution in [0.3, 0.4) is 0 Å². The van der Waals surface area contributed by atoms with E-state index in [1.54, 1.807) is 13.0 Å². The maximum absolute atomic E-state index is 12.1. The number of carbonyl (C=O) groups is 1. The van der Waals surface area contributed by atoms with Crippen LogP contribution in [0.15, 0.2) is 18.2 Å². The summed E-state index contributed by atoms with van der Waals surface area (Å²) in [5, 5.41) is 5.71. The zero-order valence-electron chi connectivity index (χ0n) is 12.0. The quantitative estimate of drug-likeness (QED) is 0.890. The minimum absolute atomic E-state index is 0.134. The topological polar surface area (TPSA) is 59.6 Å². The molecule has 1 atom stereocenters. The van der Waals surface area contributed by atoms with Crippen LogP contribution in [0.2, 0.25) is 0 Å². The number of amides is 1. The van der Waals surface area contributed by atoms with Gasteiger partial charge >= 0.3 is 6.18 Å². The van der Waals surface area contributed by atoms with Crippen molar-refractivity contribution >= 4 is 11.6 Å². The standard InChI is InChI=1S/C14H17F3N2O3/c1-9-6-10(2-3-12(9)22-8-14(15,16)17)19-13(20)11-7-21-5-4-18-11/h2-3,6,11,18H,4-5,7-8H2,1H3,(H,19,20). The largest absolute Gasteiger partial charge is 0.484 e. The van der Waals surface area contributed by atoms with E-state index in [2.05, 4.69) is 10.6 Å². The molecule has 2 N–H and O–H groups in total. The summed E-state index contributed by atoms with van der Waals surface area (Å²) in [5.74, 6) is -0.113. The number of hydrogen-bond donors (Lipinski definition) is 2. The number of aryl methyl sites for hydroxylation is 1. The summed E-state index contributed by atoms with van der Waals surface area (Å²) in [6.07, 6.45) is -4.38. The lowest BCUT2D eigenvalue weighted by molar-refractivity contribution is -0.153. The van der Waals surface area contributed by atoms with E-state index < -0.39 is 18.8 Å². The van der Waals surface area contributed by atoms with Crippen LogP contribution in [0, 0.1) is 6.92 Å². The molecule has 0 aromatic heterocycles. The molecule has 122 valence electrons. The van der Waals surface area contributed by atoms with E-state index in [9.17, 15) is 18.0 Å². The van der Waals surface area contributed by atoms with E-state index in [0.717, 1.165) is 0 Å². The Morgan fingerprint density at radius 2 is 2.27 bits per heavy atom. The van der Waals surface area contributed by atoms with Crippen LogP contribution in [-0.4, -0.2) is 44.5 Å². The lowest BCUT2D eigenvalue weighted by Gasteiger charge is -2.23. The molecule has 1 saturated heterocycles. The van der Waals surface area contributed by atoms with Gasteiger partial charge in [-0.3, -0.25) is 4.79 Å². The zero-order chi connectivity index (χ0) is 16.2. The Bertz CT molecular complexity index is 529. The monoisotopic (exact) mass is 318 g/mol. The van der Waals surface area contributed by atoms with Crippen molar-refractivity contribution in [1.82, 2.24) is 5.32 Å². The van der Waals surface area contributed by atoms with E-state index in [4.69, 9.17) is 9.47 Å². The molecule has 1 aromatic rings. The maximum Gasteiger partial charge on any atom is 0.422 e. The van der Waals surface area contributed by atoms with Crippen molar-refractivity contribution in [3.05, 3.63) is 23.8 Å². The van der Waals surface area contributed by atoms with E-state index in [-0.39, 0.29) is 18.3 Å². The fraction of sp³-hybridized carbons (Fsp3) is 0.500. The fourth-order valence-corrected chi connectivity index (χ4v) is 2.01. The van der Waals surface area contributed by atoms with Crippen LogP contribution < -0.4 is 15.4 Å². The molecule has 22 heavy (non-hydrogen) atoms. The van der Waals surface area contributed by atoms with Crippen molar-refractivity contribution in [2.24, 2.45) is 0 Å². The minimum Gasteiger partial charge on any atom is -0.484 e. The number of ether oxygens (including phenoxy) is 2. The molecule has 0 bridgehead atoms. The van der Waals surface area contributed by atoms with Crippen LogP contribution in [0.1, 0.15) is 5.56 Å². The number of hydrogen-bond acceptors (Lipinski definition) is 4. The van der Waals surface area contributed by atoms with Gasteiger partial charge in [0, 0.05) is 12.2 Å². The van der Waals surface area contributed by atoms with Crippen molar-refractivity contribution in [2.45, 2.75) is 19.1 Å². The van der Waals surface area contributed by atoms with Crippen LogP contribution in [-0.2, 0) is 9.53 Å². The van der Waals surface area contributed by atoms with Gasteiger partial charge in [-0.1, -0.05) is 0 Å². The van der Waals surface area contributed by atoms with Gasteiger partial charge in [0.15, 0.2) is 6.61 Å². The third-order valence-electron chi connectivity index (χ3n) is 3.07. The van der Waals surface area contributed by atoms with Gasteiger partial charge in [-0.25, -0.2) is 0 Å². The number of halogens is 3. The van der Waals surface area contributed by atoms with Crippen molar-refractivity contribution in [1.29, 1.82) is 0 Å². The van der Waals surface area contributed by atoms with Crippen molar-refractivity contribution in [3.8, 4) is 5.75 Å². The summed E-state index contributed by atoms with van der Waals surface area (Å²) in [4.78, 5) is 12.0. The normalized spacial score (nSPS) is 18.8. The Morgan fingerprint density at radius 1 is 1.50 bits per heavy atom. The van der Waals surface area contributed by atoms with Crippen LogP contribution in [0.5, 0.6) is 5.75 Å². The van der Waals surface area contributed by atoms with E-state index in [1.807, 2.05) is 0 Å². The number of carbonyl (C=O) groups excluding carboxylic acids is 1. The van der Waals surface area contributed by atoms with E-state index in [1.165, 1.54) is 12.1 Å². The lowest BCUT2D eigenvalue weighted by atomic mass is 10.2. The molecule has 0 spiro atoms. The lowest BCUT2D eigenvalue weighted by Crippen LogP contribution is -2.48. The first kappa shape index (κ1) is 16.6. The Labute approximate surface area is 125 Å². The number of benzene rings is 1. The average molecular weight is 318 g/mol. The second-order valence-corrected chi connectivity index (χ2v) is 4.96. The Morgan fingerprint density at radius 3 is 2.86 bits per heavy atom. The number of anilines is 1. The van der Waals surface area contributed by atoms with E-state index in [0.29, 0.717) is 24.4 Å². The first-order valence-electron chi connectivity index (χ1n) is 6.77. The Hall–Kier alpha value is -1.80. The summed E-state index contributed by atoms with van der Waals surface area (Å²) >= 11 is 0. The highest BCUT2D eigenvalue weighted by atomic mass is 19.4. The highest BCUT2D eigenvalue weighted by Gasteiger charge is 2.28. The van der Waals surface area contributed by atoms with Gasteiger partial charge in [0.05, 0.1) is 13.2 Å². The van der Waals surface area contributed by atoms with Gasteiger partial charge < -0.3 is 20.1 Å². The number of alkyl halides is 3. The smallest absolute Gasteiger partial charge is 0.422 e. The minimum atomic E-state index is -4.38. The van der Waals surface area contributed by atoms with Gasteiger partial charge in [-0.15, -0.1) is 0 Å². The molecular formula is C14H17F3N2O3. The summed E-state index contributed by atoms with van der Waals surface area (Å²) in [6.45, 7) is 1.72. The maximum atomic E-state index is 12.1. The Kier molecular flexibility index (Phi) is 5.25. The third kappa shape index (κ3) is 4.88. The van der Waals surface area contributed by atoms with Gasteiger partial charge in [-0.05, 0) is 30.7 Å². The summed E-state index contributed by atoms with van der Waals surface area (Å²) < 4.78 is 46.3. The molecule has 1 fully saturated rings. The van der Waals surface area contributed by atoms with Crippen molar-refractivity contribution in [3.63, 3.8) is 0 Å². The molecule has 1 unspecified atom stereocenters. The third-order valence-corrected chi connectivity index (χ3v) is 3.07. The predicted molar refractivity (Wildman–Crippen MR) is 74.0 cm³/mol. The molecule has 5 nitrogen and oxygen atoms in total. The first-order chi connectivity index (χ1) is 10.3. The highest BCUT2D eigenvalue weighted by molar-refractivity contribution is 5.95. The molecule has 0 aliphatic carbocycles. The van der Waals surface area contributed by atoms with Crippen molar-refractivity contribution < 1.29 is 27.4 Å². The molecule has 1 aliphatic rings. The molecule has 0 radical (unpaired) electrons. The second kappa shape index (κ2) is 6.97. The molecule has 0 saturated carbocycles. The number of rotatable bonds is 4. The summed E-state index contributed by atoms with van der Waals surface area (Å²) in [7, 11) is 0. The summed E-state index contributed by atoms with van der Waals surface area (Å²) in [6, 6.07) is 4.03. The molecule has 1 heterocycles. The SMILES string of the molecule is Cc1cc(NC(=O)C2COCCN2)ccc1OCC(F)(F)F. The number of nitrogens with one attached hydrogen (secondary N) is 2. The molecule has 2 rings (SSSR count). The number of morpholine rings is 1. The zero-order valence-corrected chi connectivity index (χ0v) is 12.0. The Balaban J connectivity index is 1.95. The van der Waals surface area contributed by atoms with Gasteiger partial charge in [0.25, 0.3) is 0 Å². The van der Waals surface area contributed by atoms with Gasteiger partial charge in [0.2, 0.25) is 5.91 Å². The van der Waals surface area contributed by atoms with Crippen LogP contribution in [0.25, 0.3) is 0 Å². The first-order valence-corrected chi connectivity index (χ1v) is 6.77.